The maximum atomic E-state index is 8.77. The molecule has 88 valence electrons. The number of unbranched alkanes of at least 4 members (excludes halogenated alkanes) is 1. The van der Waals surface area contributed by atoms with E-state index in [1.54, 1.807) is 6.92 Å². The van der Waals surface area contributed by atoms with Crippen molar-refractivity contribution in [2.45, 2.75) is 52.1 Å². The number of rotatable bonds is 5. The van der Waals surface area contributed by atoms with Gasteiger partial charge in [-0.05, 0) is 46.1 Å². The van der Waals surface area contributed by atoms with Gasteiger partial charge in [-0.15, -0.1) is 0 Å². The van der Waals surface area contributed by atoms with Crippen molar-refractivity contribution in [2.24, 2.45) is 5.73 Å². The number of nitrogens with two attached hydrogens (primary N) is 1. The fourth-order valence-electron chi connectivity index (χ4n) is 1.71. The summed E-state index contributed by atoms with van der Waals surface area (Å²) in [6, 6.07) is 4.18. The lowest BCUT2D eigenvalue weighted by Gasteiger charge is -2.14. The Morgan fingerprint density at radius 2 is 2.19 bits per heavy atom. The number of aryl methyl sites for hydroxylation is 3. The molecule has 0 bridgehead atoms. The van der Waals surface area contributed by atoms with E-state index in [1.165, 1.54) is 5.69 Å². The number of nitriles is 1. The zero-order valence-electron chi connectivity index (χ0n) is 10.3. The predicted molar refractivity (Wildman–Crippen MR) is 63.8 cm³/mol. The zero-order chi connectivity index (χ0) is 12.2. The SMILES string of the molecule is Cc1cc(C)n(CCCCC(C)(N)C#N)n1. The Bertz CT molecular complexity index is 384. The highest BCUT2D eigenvalue weighted by atomic mass is 15.3. The fraction of sp³-hybridized carbons (Fsp3) is 0.667. The molecule has 0 saturated carbocycles. The molecule has 4 heteroatoms. The average Bonchev–Trinajstić information content (AvgIpc) is 2.52. The minimum atomic E-state index is -0.685. The Labute approximate surface area is 97.1 Å². The third kappa shape index (κ3) is 3.67. The molecule has 2 N–H and O–H groups in total. The minimum Gasteiger partial charge on any atom is -0.314 e. The third-order valence-electron chi connectivity index (χ3n) is 2.67. The van der Waals surface area contributed by atoms with Gasteiger partial charge in [0, 0.05) is 12.2 Å². The van der Waals surface area contributed by atoms with Gasteiger partial charge in [0.05, 0.1) is 11.8 Å². The predicted octanol–water partition coefficient (Wildman–Crippen LogP) is 1.91. The quantitative estimate of drug-likeness (QED) is 0.771. The highest BCUT2D eigenvalue weighted by Gasteiger charge is 2.15. The van der Waals surface area contributed by atoms with E-state index < -0.39 is 5.54 Å². The van der Waals surface area contributed by atoms with E-state index in [1.807, 2.05) is 11.6 Å². The zero-order valence-corrected chi connectivity index (χ0v) is 10.3. The van der Waals surface area contributed by atoms with Crippen molar-refractivity contribution in [3.8, 4) is 6.07 Å². The van der Waals surface area contributed by atoms with Gasteiger partial charge in [-0.3, -0.25) is 4.68 Å². The largest absolute Gasteiger partial charge is 0.314 e. The van der Waals surface area contributed by atoms with Gasteiger partial charge >= 0.3 is 0 Å². The van der Waals surface area contributed by atoms with E-state index in [9.17, 15) is 0 Å². The van der Waals surface area contributed by atoms with Crippen molar-refractivity contribution >= 4 is 0 Å². The van der Waals surface area contributed by atoms with Crippen LogP contribution in [0.15, 0.2) is 6.07 Å². The lowest BCUT2D eigenvalue weighted by Crippen LogP contribution is -2.33. The second-order valence-electron chi connectivity index (χ2n) is 4.64. The summed E-state index contributed by atoms with van der Waals surface area (Å²) < 4.78 is 2.01. The van der Waals surface area contributed by atoms with Gasteiger partial charge in [-0.25, -0.2) is 0 Å². The molecular weight excluding hydrogens is 200 g/mol. The molecule has 1 aromatic heterocycles. The molecule has 1 atom stereocenters. The summed E-state index contributed by atoms with van der Waals surface area (Å²) in [5.74, 6) is 0. The average molecular weight is 220 g/mol. The number of aromatic nitrogens is 2. The number of hydrogen-bond acceptors (Lipinski definition) is 3. The van der Waals surface area contributed by atoms with Crippen LogP contribution < -0.4 is 5.73 Å². The van der Waals surface area contributed by atoms with Crippen LogP contribution in [0, 0.1) is 25.2 Å². The normalized spacial score (nSPS) is 14.4. The highest BCUT2D eigenvalue weighted by molar-refractivity contribution is 5.06. The smallest absolute Gasteiger partial charge is 0.101 e. The van der Waals surface area contributed by atoms with Crippen molar-refractivity contribution in [2.75, 3.05) is 0 Å². The van der Waals surface area contributed by atoms with Crippen LogP contribution in [-0.4, -0.2) is 15.3 Å². The monoisotopic (exact) mass is 220 g/mol. The summed E-state index contributed by atoms with van der Waals surface area (Å²) in [4.78, 5) is 0. The second-order valence-corrected chi connectivity index (χ2v) is 4.64. The Balaban J connectivity index is 2.32. The molecule has 0 aliphatic heterocycles. The molecule has 0 aliphatic rings. The number of hydrogen-bond donors (Lipinski definition) is 1. The molecule has 0 spiro atoms. The van der Waals surface area contributed by atoms with Gasteiger partial charge in [0.15, 0.2) is 0 Å². The van der Waals surface area contributed by atoms with Crippen molar-refractivity contribution < 1.29 is 0 Å². The molecule has 1 unspecified atom stereocenters. The van der Waals surface area contributed by atoms with Crippen molar-refractivity contribution in [1.82, 2.24) is 9.78 Å². The van der Waals surface area contributed by atoms with Crippen LogP contribution in [0.1, 0.15) is 37.6 Å². The molecular formula is C12H20N4. The van der Waals surface area contributed by atoms with E-state index in [-0.39, 0.29) is 0 Å². The molecule has 4 nitrogen and oxygen atoms in total. The topological polar surface area (TPSA) is 67.6 Å². The van der Waals surface area contributed by atoms with E-state index in [0.717, 1.165) is 31.5 Å². The van der Waals surface area contributed by atoms with Crippen molar-refractivity contribution in [3.63, 3.8) is 0 Å². The summed E-state index contributed by atoms with van der Waals surface area (Å²) in [7, 11) is 0. The third-order valence-corrected chi connectivity index (χ3v) is 2.67. The molecule has 0 aliphatic carbocycles. The van der Waals surface area contributed by atoms with Crippen molar-refractivity contribution in [3.05, 3.63) is 17.5 Å². The molecule has 1 rings (SSSR count). The fourth-order valence-corrected chi connectivity index (χ4v) is 1.71. The second kappa shape index (κ2) is 5.13. The molecule has 0 fully saturated rings. The van der Waals surface area contributed by atoms with Crippen LogP contribution in [0.3, 0.4) is 0 Å². The first-order valence-corrected chi connectivity index (χ1v) is 5.66. The first-order chi connectivity index (χ1) is 7.44. The lowest BCUT2D eigenvalue weighted by molar-refractivity contribution is 0.471. The van der Waals surface area contributed by atoms with Gasteiger partial charge in [0.2, 0.25) is 0 Å². The van der Waals surface area contributed by atoms with E-state index in [4.69, 9.17) is 11.0 Å². The first-order valence-electron chi connectivity index (χ1n) is 5.66. The lowest BCUT2D eigenvalue weighted by atomic mass is 9.98. The van der Waals surface area contributed by atoms with Gasteiger partial charge in [0.25, 0.3) is 0 Å². The van der Waals surface area contributed by atoms with Crippen molar-refractivity contribution in [1.29, 1.82) is 5.26 Å². The molecule has 16 heavy (non-hydrogen) atoms. The standard InChI is InChI=1S/C12H20N4/c1-10-8-11(2)16(15-10)7-5-4-6-12(3,14)9-13/h8H,4-7,14H2,1-3H3. The van der Waals surface area contributed by atoms with Crippen LogP contribution in [0.5, 0.6) is 0 Å². The molecule has 0 amide bonds. The van der Waals surface area contributed by atoms with Crippen LogP contribution >= 0.6 is 0 Å². The van der Waals surface area contributed by atoms with Crippen LogP contribution in [0.25, 0.3) is 0 Å². The molecule has 0 aromatic carbocycles. The molecule has 0 saturated heterocycles. The van der Waals surface area contributed by atoms with E-state index in [0.29, 0.717) is 0 Å². The Hall–Kier alpha value is -1.34. The summed E-state index contributed by atoms with van der Waals surface area (Å²) in [6.07, 6.45) is 2.71. The molecule has 1 heterocycles. The first kappa shape index (κ1) is 12.7. The van der Waals surface area contributed by atoms with Gasteiger partial charge in [-0.1, -0.05) is 0 Å². The summed E-state index contributed by atoms with van der Waals surface area (Å²) in [5.41, 5.74) is 7.30. The molecule has 1 aromatic rings. The Kier molecular flexibility index (Phi) is 4.08. The van der Waals surface area contributed by atoms with Gasteiger partial charge in [0.1, 0.15) is 5.54 Å². The van der Waals surface area contributed by atoms with E-state index >= 15 is 0 Å². The maximum absolute atomic E-state index is 8.77. The number of nitrogens with zero attached hydrogens (tertiary/aromatic N) is 3. The summed E-state index contributed by atoms with van der Waals surface area (Å²) in [5, 5.41) is 13.2. The Morgan fingerprint density at radius 1 is 1.50 bits per heavy atom. The summed E-state index contributed by atoms with van der Waals surface area (Å²) >= 11 is 0. The van der Waals surface area contributed by atoms with Crippen LogP contribution in [0.4, 0.5) is 0 Å². The highest BCUT2D eigenvalue weighted by Crippen LogP contribution is 2.11. The Morgan fingerprint density at radius 3 is 2.69 bits per heavy atom. The molecule has 0 radical (unpaired) electrons. The maximum Gasteiger partial charge on any atom is 0.101 e. The van der Waals surface area contributed by atoms with Gasteiger partial charge < -0.3 is 5.73 Å². The summed E-state index contributed by atoms with van der Waals surface area (Å²) in [6.45, 7) is 6.73. The van der Waals surface area contributed by atoms with Gasteiger partial charge in [-0.2, -0.15) is 10.4 Å². The minimum absolute atomic E-state index is 0.685. The van der Waals surface area contributed by atoms with Crippen LogP contribution in [0.2, 0.25) is 0 Å². The van der Waals surface area contributed by atoms with E-state index in [2.05, 4.69) is 24.2 Å². The van der Waals surface area contributed by atoms with Crippen LogP contribution in [-0.2, 0) is 6.54 Å².